The average molecular weight is 371 g/mol. The van der Waals surface area contributed by atoms with Crippen molar-refractivity contribution >= 4 is 22.4 Å². The minimum Gasteiger partial charge on any atom is -0.398 e. The SMILES string of the molecule is Nc1cc(-c2cccnc2-c2n[nH]c3cccc(N)c23)nc(C(F)(F)F)n1. The van der Waals surface area contributed by atoms with Crippen molar-refractivity contribution in [3.05, 3.63) is 48.4 Å². The first-order chi connectivity index (χ1) is 12.8. The standard InChI is InChI=1S/C17H12F3N7/c18-17(19,20)16-24-11(7-12(22)25-16)8-3-2-6-23-14(8)15-13-9(21)4-1-5-10(13)26-27-15/h1-7H,21H2,(H,26,27)(H2,22,24,25). The van der Waals surface area contributed by atoms with Gasteiger partial charge in [-0.15, -0.1) is 0 Å². The minimum absolute atomic E-state index is 0.0106. The number of benzene rings is 1. The second-order valence-corrected chi connectivity index (χ2v) is 5.74. The van der Waals surface area contributed by atoms with Crippen molar-refractivity contribution in [2.75, 3.05) is 11.5 Å². The molecule has 0 fully saturated rings. The van der Waals surface area contributed by atoms with Crippen LogP contribution in [0.15, 0.2) is 42.6 Å². The van der Waals surface area contributed by atoms with Gasteiger partial charge in [0.25, 0.3) is 0 Å². The van der Waals surface area contributed by atoms with Crippen molar-refractivity contribution in [1.29, 1.82) is 0 Å². The van der Waals surface area contributed by atoms with Crippen LogP contribution in [-0.4, -0.2) is 25.1 Å². The monoisotopic (exact) mass is 371 g/mol. The maximum atomic E-state index is 13.1. The van der Waals surface area contributed by atoms with Gasteiger partial charge >= 0.3 is 6.18 Å². The zero-order valence-corrected chi connectivity index (χ0v) is 13.6. The van der Waals surface area contributed by atoms with Gasteiger partial charge in [-0.3, -0.25) is 10.1 Å². The molecule has 0 saturated heterocycles. The number of halogens is 3. The van der Waals surface area contributed by atoms with E-state index in [-0.39, 0.29) is 11.5 Å². The van der Waals surface area contributed by atoms with Crippen LogP contribution >= 0.6 is 0 Å². The van der Waals surface area contributed by atoms with Gasteiger partial charge in [-0.1, -0.05) is 6.07 Å². The largest absolute Gasteiger partial charge is 0.451 e. The van der Waals surface area contributed by atoms with E-state index in [2.05, 4.69) is 25.1 Å². The maximum absolute atomic E-state index is 13.1. The Morgan fingerprint density at radius 2 is 1.78 bits per heavy atom. The van der Waals surface area contributed by atoms with Crippen LogP contribution < -0.4 is 11.5 Å². The highest BCUT2D eigenvalue weighted by Gasteiger charge is 2.35. The molecule has 1 aromatic carbocycles. The molecule has 10 heteroatoms. The molecule has 0 spiro atoms. The first-order valence-electron chi connectivity index (χ1n) is 7.74. The maximum Gasteiger partial charge on any atom is 0.451 e. The first kappa shape index (κ1) is 16.8. The second kappa shape index (κ2) is 5.94. The zero-order valence-electron chi connectivity index (χ0n) is 13.6. The molecule has 0 bridgehead atoms. The molecule has 3 heterocycles. The number of anilines is 2. The summed E-state index contributed by atoms with van der Waals surface area (Å²) >= 11 is 0. The molecule has 0 aliphatic heterocycles. The Balaban J connectivity index is 1.97. The van der Waals surface area contributed by atoms with Crippen LogP contribution in [-0.2, 0) is 6.18 Å². The topological polar surface area (TPSA) is 119 Å². The summed E-state index contributed by atoms with van der Waals surface area (Å²) in [6.07, 6.45) is -3.22. The lowest BCUT2D eigenvalue weighted by atomic mass is 10.0. The van der Waals surface area contributed by atoms with E-state index in [9.17, 15) is 13.2 Å². The molecule has 136 valence electrons. The minimum atomic E-state index is -4.73. The van der Waals surface area contributed by atoms with Crippen molar-refractivity contribution in [3.8, 4) is 22.6 Å². The number of rotatable bonds is 2. The molecule has 0 saturated carbocycles. The number of nitrogens with one attached hydrogen (secondary N) is 1. The summed E-state index contributed by atoms with van der Waals surface area (Å²) in [6, 6.07) is 9.68. The number of aromatic amines is 1. The van der Waals surface area contributed by atoms with Crippen LogP contribution in [0.1, 0.15) is 5.82 Å². The fraction of sp³-hybridized carbons (Fsp3) is 0.0588. The van der Waals surface area contributed by atoms with Crippen molar-refractivity contribution in [1.82, 2.24) is 25.1 Å². The second-order valence-electron chi connectivity index (χ2n) is 5.74. The summed E-state index contributed by atoms with van der Waals surface area (Å²) in [7, 11) is 0. The Morgan fingerprint density at radius 1 is 0.963 bits per heavy atom. The number of aromatic nitrogens is 5. The van der Waals surface area contributed by atoms with E-state index >= 15 is 0 Å². The third-order valence-corrected chi connectivity index (χ3v) is 3.93. The lowest BCUT2D eigenvalue weighted by Crippen LogP contribution is -2.13. The van der Waals surface area contributed by atoms with Crippen LogP contribution in [0.5, 0.6) is 0 Å². The van der Waals surface area contributed by atoms with E-state index in [4.69, 9.17) is 11.5 Å². The number of hydrogen-bond donors (Lipinski definition) is 3. The summed E-state index contributed by atoms with van der Waals surface area (Å²) in [5.74, 6) is -1.62. The Hall–Kier alpha value is -3.69. The van der Waals surface area contributed by atoms with Crippen molar-refractivity contribution in [2.24, 2.45) is 0 Å². The summed E-state index contributed by atoms with van der Waals surface area (Å²) in [4.78, 5) is 11.2. The lowest BCUT2D eigenvalue weighted by molar-refractivity contribution is -0.144. The van der Waals surface area contributed by atoms with Gasteiger partial charge < -0.3 is 11.5 Å². The fourth-order valence-electron chi connectivity index (χ4n) is 2.80. The van der Waals surface area contributed by atoms with Gasteiger partial charge in [-0.25, -0.2) is 9.97 Å². The molecule has 3 aromatic heterocycles. The van der Waals surface area contributed by atoms with Gasteiger partial charge in [-0.05, 0) is 24.3 Å². The van der Waals surface area contributed by atoms with Crippen molar-refractivity contribution in [3.63, 3.8) is 0 Å². The Kier molecular flexibility index (Phi) is 3.69. The normalized spacial score (nSPS) is 11.8. The van der Waals surface area contributed by atoms with Crippen LogP contribution in [0.2, 0.25) is 0 Å². The highest BCUT2D eigenvalue weighted by Crippen LogP contribution is 2.36. The highest BCUT2D eigenvalue weighted by molar-refractivity contribution is 6.02. The lowest BCUT2D eigenvalue weighted by Gasteiger charge is -2.11. The van der Waals surface area contributed by atoms with Gasteiger partial charge in [0.05, 0.1) is 16.6 Å². The Labute approximate surface area is 150 Å². The third kappa shape index (κ3) is 2.90. The van der Waals surface area contributed by atoms with E-state index in [1.54, 1.807) is 30.3 Å². The molecule has 0 radical (unpaired) electrons. The molecule has 4 rings (SSSR count). The number of nitrogen functional groups attached to an aromatic ring is 2. The highest BCUT2D eigenvalue weighted by atomic mass is 19.4. The zero-order chi connectivity index (χ0) is 19.2. The van der Waals surface area contributed by atoms with E-state index in [1.807, 2.05) is 0 Å². The average Bonchev–Trinajstić information content (AvgIpc) is 3.06. The summed E-state index contributed by atoms with van der Waals surface area (Å²) in [5, 5.41) is 7.71. The van der Waals surface area contributed by atoms with Crippen LogP contribution in [0, 0.1) is 0 Å². The molecule has 0 amide bonds. The number of alkyl halides is 3. The third-order valence-electron chi connectivity index (χ3n) is 3.93. The van der Waals surface area contributed by atoms with Gasteiger partial charge in [0.2, 0.25) is 5.82 Å². The number of hydrogen-bond acceptors (Lipinski definition) is 6. The smallest absolute Gasteiger partial charge is 0.398 e. The van der Waals surface area contributed by atoms with E-state index in [0.717, 1.165) is 0 Å². The predicted octanol–water partition coefficient (Wildman–Crippen LogP) is 3.27. The molecule has 0 unspecified atom stereocenters. The van der Waals surface area contributed by atoms with Crippen LogP contribution in [0.4, 0.5) is 24.7 Å². The fourth-order valence-corrected chi connectivity index (χ4v) is 2.80. The van der Waals surface area contributed by atoms with Crippen molar-refractivity contribution in [2.45, 2.75) is 6.18 Å². The molecule has 0 aliphatic rings. The van der Waals surface area contributed by atoms with E-state index in [0.29, 0.717) is 33.5 Å². The number of nitrogens with zero attached hydrogens (tertiary/aromatic N) is 4. The number of H-pyrrole nitrogens is 1. The molecular weight excluding hydrogens is 359 g/mol. The van der Waals surface area contributed by atoms with E-state index < -0.39 is 12.0 Å². The van der Waals surface area contributed by atoms with Gasteiger partial charge in [0.15, 0.2) is 0 Å². The molecule has 4 aromatic rings. The van der Waals surface area contributed by atoms with Gasteiger partial charge in [0, 0.05) is 23.5 Å². The number of nitrogens with two attached hydrogens (primary N) is 2. The summed E-state index contributed by atoms with van der Waals surface area (Å²) < 4.78 is 39.2. The molecule has 7 nitrogen and oxygen atoms in total. The Morgan fingerprint density at radius 3 is 2.56 bits per heavy atom. The van der Waals surface area contributed by atoms with Crippen LogP contribution in [0.3, 0.4) is 0 Å². The first-order valence-corrected chi connectivity index (χ1v) is 7.74. The van der Waals surface area contributed by atoms with Gasteiger partial charge in [0.1, 0.15) is 17.2 Å². The molecule has 0 atom stereocenters. The predicted molar refractivity (Wildman–Crippen MR) is 94.2 cm³/mol. The number of fused-ring (bicyclic) bond motifs is 1. The molecule has 27 heavy (non-hydrogen) atoms. The summed E-state index contributed by atoms with van der Waals surface area (Å²) in [5.41, 5.74) is 13.8. The molecule has 0 aliphatic carbocycles. The van der Waals surface area contributed by atoms with Gasteiger partial charge in [-0.2, -0.15) is 18.3 Å². The van der Waals surface area contributed by atoms with E-state index in [1.165, 1.54) is 12.3 Å². The Bertz CT molecular complexity index is 1150. The summed E-state index contributed by atoms with van der Waals surface area (Å²) in [6.45, 7) is 0. The van der Waals surface area contributed by atoms with Crippen LogP contribution in [0.25, 0.3) is 33.5 Å². The molecular formula is C17H12F3N7. The number of pyridine rings is 1. The molecule has 5 N–H and O–H groups in total. The van der Waals surface area contributed by atoms with Crippen molar-refractivity contribution < 1.29 is 13.2 Å². The quantitative estimate of drug-likeness (QED) is 0.465.